The van der Waals surface area contributed by atoms with Gasteiger partial charge in [-0.2, -0.15) is 0 Å². The number of carboxylic acids is 1. The van der Waals surface area contributed by atoms with Gasteiger partial charge in [0.05, 0.1) is 5.39 Å². The highest BCUT2D eigenvalue weighted by Crippen LogP contribution is 2.33. The molecule has 2 heterocycles. The summed E-state index contributed by atoms with van der Waals surface area (Å²) in [7, 11) is 0. The SMILES string of the molecule is C=CCn1c(S[C@@H](C)C(=O)O)nc2scc(-c3ccc(C)cc3)c2c1=O. The molecule has 0 aliphatic heterocycles. The first-order valence-corrected chi connectivity index (χ1v) is 9.77. The van der Waals surface area contributed by atoms with Crippen LogP contribution in [0, 0.1) is 6.92 Å². The molecule has 1 aromatic carbocycles. The number of hydrogen-bond acceptors (Lipinski definition) is 5. The first kappa shape index (κ1) is 18.4. The maximum absolute atomic E-state index is 13.1. The van der Waals surface area contributed by atoms with Crippen molar-refractivity contribution in [3.8, 4) is 11.1 Å². The molecule has 3 rings (SSSR count). The molecule has 0 aliphatic rings. The van der Waals surface area contributed by atoms with E-state index in [9.17, 15) is 9.59 Å². The number of thioether (sulfide) groups is 1. The van der Waals surface area contributed by atoms with Gasteiger partial charge in [0.1, 0.15) is 10.1 Å². The second-order valence-corrected chi connectivity index (χ2v) is 8.06. The number of allylic oxidation sites excluding steroid dienone is 1. The molecule has 2 aromatic heterocycles. The number of aromatic nitrogens is 2. The summed E-state index contributed by atoms with van der Waals surface area (Å²) >= 11 is 2.46. The van der Waals surface area contributed by atoms with Crippen molar-refractivity contribution in [1.82, 2.24) is 9.55 Å². The van der Waals surface area contributed by atoms with Crippen molar-refractivity contribution in [1.29, 1.82) is 0 Å². The maximum atomic E-state index is 13.1. The van der Waals surface area contributed by atoms with E-state index in [0.717, 1.165) is 28.5 Å². The molecule has 3 aromatic rings. The highest BCUT2D eigenvalue weighted by Gasteiger charge is 2.20. The number of benzene rings is 1. The molecule has 0 saturated heterocycles. The molecule has 0 spiro atoms. The second-order valence-electron chi connectivity index (χ2n) is 5.89. The minimum absolute atomic E-state index is 0.174. The monoisotopic (exact) mass is 386 g/mol. The highest BCUT2D eigenvalue weighted by molar-refractivity contribution is 8.00. The van der Waals surface area contributed by atoms with Gasteiger partial charge in [-0.1, -0.05) is 47.7 Å². The fourth-order valence-electron chi connectivity index (χ4n) is 2.54. The Morgan fingerprint density at radius 3 is 2.73 bits per heavy atom. The molecular weight excluding hydrogens is 368 g/mol. The zero-order valence-corrected chi connectivity index (χ0v) is 16.1. The van der Waals surface area contributed by atoms with E-state index in [1.165, 1.54) is 15.9 Å². The van der Waals surface area contributed by atoms with Gasteiger partial charge in [0, 0.05) is 17.5 Å². The van der Waals surface area contributed by atoms with E-state index < -0.39 is 11.2 Å². The summed E-state index contributed by atoms with van der Waals surface area (Å²) in [5.74, 6) is -0.943. The fraction of sp³-hybridized carbons (Fsp3) is 0.211. The molecule has 1 N–H and O–H groups in total. The topological polar surface area (TPSA) is 72.2 Å². The van der Waals surface area contributed by atoms with Crippen molar-refractivity contribution in [3.05, 3.63) is 58.2 Å². The molecule has 0 fully saturated rings. The average Bonchev–Trinajstić information content (AvgIpc) is 3.03. The number of fused-ring (bicyclic) bond motifs is 1. The van der Waals surface area contributed by atoms with Crippen LogP contribution in [0.2, 0.25) is 0 Å². The third kappa shape index (κ3) is 3.45. The normalized spacial score (nSPS) is 12.2. The molecule has 0 radical (unpaired) electrons. The van der Waals surface area contributed by atoms with Gasteiger partial charge in [0.15, 0.2) is 5.16 Å². The number of rotatable bonds is 6. The number of carbonyl (C=O) groups is 1. The van der Waals surface area contributed by atoms with Crippen LogP contribution >= 0.6 is 23.1 Å². The van der Waals surface area contributed by atoms with Gasteiger partial charge in [0.25, 0.3) is 5.56 Å². The molecule has 0 bridgehead atoms. The van der Waals surface area contributed by atoms with Crippen LogP contribution in [-0.2, 0) is 11.3 Å². The Labute approximate surface area is 159 Å². The molecule has 0 aliphatic carbocycles. The summed E-state index contributed by atoms with van der Waals surface area (Å²) in [5, 5.41) is 11.4. The molecule has 1 atom stereocenters. The van der Waals surface area contributed by atoms with Crippen LogP contribution < -0.4 is 5.56 Å². The standard InChI is InChI=1S/C19H18N2O3S2/c1-4-9-21-17(22)15-14(13-7-5-11(2)6-8-13)10-25-16(15)20-19(21)26-12(3)18(23)24/h4-8,10,12H,1,9H2,2-3H3,(H,23,24)/t12-/m0/s1. The van der Waals surface area contributed by atoms with Crippen molar-refractivity contribution in [2.45, 2.75) is 30.8 Å². The Balaban J connectivity index is 2.20. The van der Waals surface area contributed by atoms with Gasteiger partial charge in [-0.05, 0) is 19.4 Å². The van der Waals surface area contributed by atoms with Crippen molar-refractivity contribution in [3.63, 3.8) is 0 Å². The minimum Gasteiger partial charge on any atom is -0.480 e. The van der Waals surface area contributed by atoms with Crippen LogP contribution in [0.4, 0.5) is 0 Å². The molecule has 0 saturated carbocycles. The van der Waals surface area contributed by atoms with E-state index in [-0.39, 0.29) is 12.1 Å². The number of hydrogen-bond donors (Lipinski definition) is 1. The van der Waals surface area contributed by atoms with Gasteiger partial charge >= 0.3 is 5.97 Å². The Morgan fingerprint density at radius 1 is 1.42 bits per heavy atom. The number of carboxylic acid groups (broad SMARTS) is 1. The molecule has 0 amide bonds. The lowest BCUT2D eigenvalue weighted by Crippen LogP contribution is -2.24. The quantitative estimate of drug-likeness (QED) is 0.391. The third-order valence-corrected chi connectivity index (χ3v) is 5.91. The second kappa shape index (κ2) is 7.47. The van der Waals surface area contributed by atoms with E-state index in [2.05, 4.69) is 11.6 Å². The van der Waals surface area contributed by atoms with Crippen LogP contribution in [0.25, 0.3) is 21.3 Å². The number of aryl methyl sites for hydroxylation is 1. The van der Waals surface area contributed by atoms with Crippen LogP contribution in [-0.4, -0.2) is 25.9 Å². The first-order valence-electron chi connectivity index (χ1n) is 8.01. The first-order chi connectivity index (χ1) is 12.4. The smallest absolute Gasteiger partial charge is 0.316 e. The van der Waals surface area contributed by atoms with Crippen molar-refractivity contribution >= 4 is 39.3 Å². The van der Waals surface area contributed by atoms with Crippen molar-refractivity contribution < 1.29 is 9.90 Å². The lowest BCUT2D eigenvalue weighted by molar-refractivity contribution is -0.136. The predicted octanol–water partition coefficient (Wildman–Crippen LogP) is 4.18. The van der Waals surface area contributed by atoms with Crippen molar-refractivity contribution in [2.24, 2.45) is 0 Å². The summed E-state index contributed by atoms with van der Waals surface area (Å²) in [5.41, 5.74) is 2.79. The van der Waals surface area contributed by atoms with E-state index >= 15 is 0 Å². The Morgan fingerprint density at radius 2 is 2.12 bits per heavy atom. The van der Waals surface area contributed by atoms with Crippen molar-refractivity contribution in [2.75, 3.05) is 0 Å². The largest absolute Gasteiger partial charge is 0.480 e. The van der Waals surface area contributed by atoms with E-state index in [0.29, 0.717) is 15.4 Å². The number of thiophene rings is 1. The maximum Gasteiger partial charge on any atom is 0.316 e. The van der Waals surface area contributed by atoms with E-state index in [1.54, 1.807) is 13.0 Å². The zero-order chi connectivity index (χ0) is 18.8. The molecular formula is C19H18N2O3S2. The molecule has 5 nitrogen and oxygen atoms in total. The van der Waals surface area contributed by atoms with Crippen LogP contribution in [0.1, 0.15) is 12.5 Å². The van der Waals surface area contributed by atoms with Crippen LogP contribution in [0.15, 0.2) is 52.3 Å². The highest BCUT2D eigenvalue weighted by atomic mass is 32.2. The van der Waals surface area contributed by atoms with E-state index in [1.807, 2.05) is 36.6 Å². The number of aliphatic carboxylic acids is 1. The van der Waals surface area contributed by atoms with Gasteiger partial charge < -0.3 is 5.11 Å². The molecule has 134 valence electrons. The summed E-state index contributed by atoms with van der Waals surface area (Å²) < 4.78 is 1.49. The molecule has 7 heteroatoms. The summed E-state index contributed by atoms with van der Waals surface area (Å²) in [6.07, 6.45) is 1.61. The van der Waals surface area contributed by atoms with Gasteiger partial charge in [-0.3, -0.25) is 14.2 Å². The van der Waals surface area contributed by atoms with Gasteiger partial charge in [-0.25, -0.2) is 4.98 Å². The third-order valence-electron chi connectivity index (χ3n) is 3.96. The Hall–Kier alpha value is -2.38. The lowest BCUT2D eigenvalue weighted by Gasteiger charge is -2.12. The fourth-order valence-corrected chi connectivity index (χ4v) is 4.38. The summed E-state index contributed by atoms with van der Waals surface area (Å²) in [6.45, 7) is 7.57. The number of nitrogens with zero attached hydrogens (tertiary/aromatic N) is 2. The average molecular weight is 386 g/mol. The Kier molecular flexibility index (Phi) is 5.29. The van der Waals surface area contributed by atoms with E-state index in [4.69, 9.17) is 5.11 Å². The predicted molar refractivity (Wildman–Crippen MR) is 107 cm³/mol. The van der Waals surface area contributed by atoms with Gasteiger partial charge in [0.2, 0.25) is 0 Å². The Bertz CT molecular complexity index is 1040. The minimum atomic E-state index is -0.943. The zero-order valence-electron chi connectivity index (χ0n) is 14.4. The van der Waals surface area contributed by atoms with Crippen LogP contribution in [0.3, 0.4) is 0 Å². The lowest BCUT2D eigenvalue weighted by atomic mass is 10.1. The summed E-state index contributed by atoms with van der Waals surface area (Å²) in [6, 6.07) is 7.99. The van der Waals surface area contributed by atoms with Crippen LogP contribution in [0.5, 0.6) is 0 Å². The van der Waals surface area contributed by atoms with Gasteiger partial charge in [-0.15, -0.1) is 17.9 Å². The molecule has 26 heavy (non-hydrogen) atoms. The molecule has 0 unspecified atom stereocenters. The summed E-state index contributed by atoms with van der Waals surface area (Å²) in [4.78, 5) is 29.5.